The molecule has 0 bridgehead atoms. The van der Waals surface area contributed by atoms with Gasteiger partial charge in [0.15, 0.2) is 0 Å². The molecule has 2 aromatic rings. The summed E-state index contributed by atoms with van der Waals surface area (Å²) in [5, 5.41) is 1.49. The van der Waals surface area contributed by atoms with E-state index in [2.05, 4.69) is 75.9 Å². The van der Waals surface area contributed by atoms with E-state index in [4.69, 9.17) is 0 Å². The Labute approximate surface area is 158 Å². The predicted octanol–water partition coefficient (Wildman–Crippen LogP) is 6.62. The molecule has 2 aromatic carbocycles. The lowest BCUT2D eigenvalue weighted by molar-refractivity contribution is 0.522. The van der Waals surface area contributed by atoms with E-state index in [-0.39, 0.29) is 11.2 Å². The van der Waals surface area contributed by atoms with E-state index in [1.165, 1.54) is 11.6 Å². The Kier molecular flexibility index (Phi) is 6.48. The molecular formula is C16H13Br4F. The highest BCUT2D eigenvalue weighted by Gasteiger charge is 2.31. The van der Waals surface area contributed by atoms with Gasteiger partial charge >= 0.3 is 0 Å². The first-order chi connectivity index (χ1) is 10.0. The number of hydrogen-bond acceptors (Lipinski definition) is 0. The zero-order chi connectivity index (χ0) is 15.5. The van der Waals surface area contributed by atoms with Crippen LogP contribution in [0, 0.1) is 5.82 Å². The molecule has 21 heavy (non-hydrogen) atoms. The van der Waals surface area contributed by atoms with Crippen LogP contribution >= 0.6 is 63.7 Å². The number of hydrogen-bond donors (Lipinski definition) is 0. The van der Waals surface area contributed by atoms with E-state index in [0.717, 1.165) is 19.6 Å². The highest BCUT2D eigenvalue weighted by atomic mass is 79.9. The number of alkyl halides is 2. The molecule has 0 radical (unpaired) electrons. The summed E-state index contributed by atoms with van der Waals surface area (Å²) in [4.78, 5) is 0. The first-order valence-electron chi connectivity index (χ1n) is 6.33. The Morgan fingerprint density at radius 1 is 0.905 bits per heavy atom. The largest absolute Gasteiger partial charge is 0.207 e. The van der Waals surface area contributed by atoms with Crippen molar-refractivity contribution in [2.45, 2.75) is 11.8 Å². The quantitative estimate of drug-likeness (QED) is 0.372. The molecule has 0 saturated carbocycles. The molecule has 0 spiro atoms. The summed E-state index contributed by atoms with van der Waals surface area (Å²) >= 11 is 14.2. The summed E-state index contributed by atoms with van der Waals surface area (Å²) < 4.78 is 16.0. The third-order valence-corrected chi connectivity index (χ3v) is 6.62. The second-order valence-corrected chi connectivity index (χ2v) is 7.92. The van der Waals surface area contributed by atoms with E-state index >= 15 is 0 Å². The van der Waals surface area contributed by atoms with Crippen LogP contribution in [0.2, 0.25) is 0 Å². The SMILES string of the molecule is Fc1ccc(Br)cc1CC(CBr)(CBr)c1cccc(Br)c1. The average Bonchev–Trinajstić information content (AvgIpc) is 2.48. The van der Waals surface area contributed by atoms with E-state index in [0.29, 0.717) is 12.0 Å². The normalized spacial score (nSPS) is 11.7. The maximum Gasteiger partial charge on any atom is 0.126 e. The Morgan fingerprint density at radius 3 is 2.19 bits per heavy atom. The summed E-state index contributed by atoms with van der Waals surface area (Å²) in [5.41, 5.74) is 1.68. The van der Waals surface area contributed by atoms with Crippen molar-refractivity contribution in [3.05, 3.63) is 68.4 Å². The molecule has 0 aliphatic rings. The van der Waals surface area contributed by atoms with Crippen molar-refractivity contribution in [1.82, 2.24) is 0 Å². The van der Waals surface area contributed by atoms with Crippen LogP contribution in [0.5, 0.6) is 0 Å². The Morgan fingerprint density at radius 2 is 1.57 bits per heavy atom. The second-order valence-electron chi connectivity index (χ2n) is 4.97. The van der Waals surface area contributed by atoms with Crippen LogP contribution in [-0.2, 0) is 11.8 Å². The van der Waals surface area contributed by atoms with Crippen LogP contribution < -0.4 is 0 Å². The predicted molar refractivity (Wildman–Crippen MR) is 101 cm³/mol. The van der Waals surface area contributed by atoms with Crippen molar-refractivity contribution in [2.24, 2.45) is 0 Å². The van der Waals surface area contributed by atoms with Crippen LogP contribution in [0.4, 0.5) is 4.39 Å². The lowest BCUT2D eigenvalue weighted by atomic mass is 9.79. The van der Waals surface area contributed by atoms with Gasteiger partial charge in [0.1, 0.15) is 5.82 Å². The number of rotatable bonds is 5. The minimum absolute atomic E-state index is 0.167. The third-order valence-electron chi connectivity index (χ3n) is 3.49. The molecule has 0 aromatic heterocycles. The van der Waals surface area contributed by atoms with Crippen molar-refractivity contribution in [3.63, 3.8) is 0 Å². The van der Waals surface area contributed by atoms with Crippen molar-refractivity contribution in [2.75, 3.05) is 10.7 Å². The standard InChI is InChI=1S/C16H13Br4F/c17-9-16(10-18,12-2-1-3-13(19)7-12)8-11-6-14(20)4-5-15(11)21/h1-7H,8-10H2. The Bertz CT molecular complexity index is 623. The van der Waals surface area contributed by atoms with Crippen molar-refractivity contribution in [1.29, 1.82) is 0 Å². The minimum atomic E-state index is -0.203. The molecule has 0 nitrogen and oxygen atoms in total. The first kappa shape index (κ1) is 17.6. The monoisotopic (exact) mass is 540 g/mol. The van der Waals surface area contributed by atoms with Crippen molar-refractivity contribution in [3.8, 4) is 0 Å². The highest BCUT2D eigenvalue weighted by Crippen LogP contribution is 2.35. The molecule has 0 fully saturated rings. The molecular weight excluding hydrogens is 531 g/mol. The number of halogens is 5. The minimum Gasteiger partial charge on any atom is -0.207 e. The molecule has 0 unspecified atom stereocenters. The molecule has 0 aliphatic heterocycles. The smallest absolute Gasteiger partial charge is 0.126 e. The van der Waals surface area contributed by atoms with Crippen LogP contribution in [-0.4, -0.2) is 10.7 Å². The van der Waals surface area contributed by atoms with E-state index < -0.39 is 0 Å². The summed E-state index contributed by atoms with van der Waals surface area (Å²) in [7, 11) is 0. The van der Waals surface area contributed by atoms with Crippen LogP contribution in [0.3, 0.4) is 0 Å². The molecule has 112 valence electrons. The van der Waals surface area contributed by atoms with Gasteiger partial charge in [-0.05, 0) is 47.9 Å². The molecule has 5 heteroatoms. The fourth-order valence-corrected chi connectivity index (χ4v) is 5.03. The van der Waals surface area contributed by atoms with Gasteiger partial charge in [0, 0.05) is 25.0 Å². The molecule has 0 heterocycles. The van der Waals surface area contributed by atoms with Gasteiger partial charge in [-0.2, -0.15) is 0 Å². The van der Waals surface area contributed by atoms with E-state index in [1.54, 1.807) is 6.07 Å². The van der Waals surface area contributed by atoms with Gasteiger partial charge in [0.2, 0.25) is 0 Å². The zero-order valence-corrected chi connectivity index (χ0v) is 17.4. The first-order valence-corrected chi connectivity index (χ1v) is 10.2. The van der Waals surface area contributed by atoms with Gasteiger partial charge in [-0.15, -0.1) is 0 Å². The lowest BCUT2D eigenvalue weighted by Crippen LogP contribution is -2.33. The highest BCUT2D eigenvalue weighted by molar-refractivity contribution is 9.11. The maximum absolute atomic E-state index is 14.1. The maximum atomic E-state index is 14.1. The summed E-state index contributed by atoms with van der Waals surface area (Å²) in [6.45, 7) is 0. The Balaban J connectivity index is 2.45. The topological polar surface area (TPSA) is 0 Å². The second kappa shape index (κ2) is 7.71. The molecule has 0 atom stereocenters. The number of benzene rings is 2. The third kappa shape index (κ3) is 4.18. The lowest BCUT2D eigenvalue weighted by Gasteiger charge is -2.31. The molecule has 0 saturated heterocycles. The Hall–Kier alpha value is 0.290. The summed E-state index contributed by atoms with van der Waals surface area (Å²) in [6, 6.07) is 13.3. The summed E-state index contributed by atoms with van der Waals surface area (Å²) in [6.07, 6.45) is 0.616. The van der Waals surface area contributed by atoms with Crippen molar-refractivity contribution < 1.29 is 4.39 Å². The van der Waals surface area contributed by atoms with Crippen molar-refractivity contribution >= 4 is 63.7 Å². The van der Waals surface area contributed by atoms with Gasteiger partial charge in [-0.25, -0.2) is 4.39 Å². The van der Waals surface area contributed by atoms with Gasteiger partial charge in [0.05, 0.1) is 0 Å². The van der Waals surface area contributed by atoms with Crippen LogP contribution in [0.1, 0.15) is 11.1 Å². The van der Waals surface area contributed by atoms with Gasteiger partial charge in [-0.1, -0.05) is 75.9 Å². The summed E-state index contributed by atoms with van der Waals surface area (Å²) in [5.74, 6) is -0.167. The fraction of sp³-hybridized carbons (Fsp3) is 0.250. The van der Waals surface area contributed by atoms with Gasteiger partial charge in [0.25, 0.3) is 0 Å². The fourth-order valence-electron chi connectivity index (χ4n) is 2.25. The molecule has 2 rings (SSSR count). The van der Waals surface area contributed by atoms with E-state index in [9.17, 15) is 4.39 Å². The average molecular weight is 544 g/mol. The molecule has 0 amide bonds. The van der Waals surface area contributed by atoms with Gasteiger partial charge in [-0.3, -0.25) is 0 Å². The zero-order valence-electron chi connectivity index (χ0n) is 11.1. The van der Waals surface area contributed by atoms with Crippen LogP contribution in [0.25, 0.3) is 0 Å². The molecule has 0 N–H and O–H groups in total. The van der Waals surface area contributed by atoms with E-state index in [1.807, 2.05) is 18.2 Å². The van der Waals surface area contributed by atoms with Crippen LogP contribution in [0.15, 0.2) is 51.4 Å². The molecule has 0 aliphatic carbocycles. The van der Waals surface area contributed by atoms with Gasteiger partial charge < -0.3 is 0 Å².